The van der Waals surface area contributed by atoms with Gasteiger partial charge in [-0.15, -0.1) is 0 Å². The molecule has 4 heteroatoms. The van der Waals surface area contributed by atoms with Gasteiger partial charge in [-0.1, -0.05) is 32.5 Å². The fourth-order valence-electron chi connectivity index (χ4n) is 2.45. The summed E-state index contributed by atoms with van der Waals surface area (Å²) in [6.45, 7) is 11.4. The van der Waals surface area contributed by atoms with Crippen molar-refractivity contribution >= 4 is 16.9 Å². The first-order valence-electron chi connectivity index (χ1n) is 6.89. The highest BCUT2D eigenvalue weighted by Crippen LogP contribution is 2.26. The van der Waals surface area contributed by atoms with Crippen molar-refractivity contribution in [1.82, 2.24) is 10.2 Å². The Morgan fingerprint density at radius 2 is 2.35 bits per heavy atom. The van der Waals surface area contributed by atoms with Gasteiger partial charge in [0.05, 0.1) is 6.54 Å². The number of nitrogens with one attached hydrogen (secondary N) is 1. The molecule has 0 aromatic heterocycles. The van der Waals surface area contributed by atoms with E-state index in [-0.39, 0.29) is 0 Å². The van der Waals surface area contributed by atoms with Gasteiger partial charge in [-0.3, -0.25) is 4.99 Å². The first-order chi connectivity index (χ1) is 8.19. The van der Waals surface area contributed by atoms with E-state index in [4.69, 9.17) is 0 Å². The molecule has 3 nitrogen and oxygen atoms in total. The molecule has 0 saturated carbocycles. The quantitative estimate of drug-likeness (QED) is 0.838. The second-order valence-corrected chi connectivity index (χ2v) is 6.65. The first kappa shape index (κ1) is 13.2. The Hall–Kier alpha value is -0.220. The number of amidine groups is 1. The SMILES string of the molecule is CCN1CCCC(NC2=NCC(C(C)C)S2)C1. The molecular formula is C13H25N3S. The van der Waals surface area contributed by atoms with E-state index >= 15 is 0 Å². The minimum atomic E-state index is 0.612. The van der Waals surface area contributed by atoms with E-state index in [1.165, 1.54) is 37.6 Å². The van der Waals surface area contributed by atoms with E-state index in [0.717, 1.165) is 12.5 Å². The number of nitrogens with zero attached hydrogens (tertiary/aromatic N) is 2. The normalized spacial score (nSPS) is 30.7. The average molecular weight is 255 g/mol. The topological polar surface area (TPSA) is 27.6 Å². The van der Waals surface area contributed by atoms with Crippen LogP contribution in [-0.4, -0.2) is 47.5 Å². The molecule has 2 aliphatic heterocycles. The molecule has 0 spiro atoms. The maximum atomic E-state index is 4.63. The van der Waals surface area contributed by atoms with Gasteiger partial charge in [0.15, 0.2) is 5.17 Å². The number of rotatable bonds is 3. The Morgan fingerprint density at radius 3 is 3.00 bits per heavy atom. The zero-order valence-electron chi connectivity index (χ0n) is 11.3. The number of piperidine rings is 1. The summed E-state index contributed by atoms with van der Waals surface area (Å²) in [5.74, 6) is 0.724. The average Bonchev–Trinajstić information content (AvgIpc) is 2.78. The van der Waals surface area contributed by atoms with E-state index in [1.54, 1.807) is 0 Å². The van der Waals surface area contributed by atoms with Crippen LogP contribution in [0.2, 0.25) is 0 Å². The molecule has 1 fully saturated rings. The molecule has 2 rings (SSSR count). The van der Waals surface area contributed by atoms with Crippen LogP contribution >= 0.6 is 11.8 Å². The number of thioether (sulfide) groups is 1. The van der Waals surface area contributed by atoms with E-state index < -0.39 is 0 Å². The molecule has 2 heterocycles. The summed E-state index contributed by atoms with van der Waals surface area (Å²) in [4.78, 5) is 7.16. The molecule has 1 N–H and O–H groups in total. The van der Waals surface area contributed by atoms with Crippen molar-refractivity contribution in [1.29, 1.82) is 0 Å². The lowest BCUT2D eigenvalue weighted by atomic mass is 10.1. The fraction of sp³-hybridized carbons (Fsp3) is 0.923. The molecule has 2 aliphatic rings. The van der Waals surface area contributed by atoms with Gasteiger partial charge in [-0.25, -0.2) is 0 Å². The van der Waals surface area contributed by atoms with E-state index in [0.29, 0.717) is 11.3 Å². The molecule has 0 aromatic carbocycles. The summed E-state index contributed by atoms with van der Waals surface area (Å²) in [6, 6.07) is 0.612. The molecule has 1 saturated heterocycles. The van der Waals surface area contributed by atoms with Crippen molar-refractivity contribution in [2.75, 3.05) is 26.2 Å². The van der Waals surface area contributed by atoms with Crippen LogP contribution in [0.15, 0.2) is 4.99 Å². The van der Waals surface area contributed by atoms with Crippen LogP contribution in [0.3, 0.4) is 0 Å². The Morgan fingerprint density at radius 1 is 1.53 bits per heavy atom. The van der Waals surface area contributed by atoms with Crippen LogP contribution in [0.1, 0.15) is 33.6 Å². The number of hydrogen-bond acceptors (Lipinski definition) is 4. The number of likely N-dealkylation sites (N-methyl/N-ethyl adjacent to an activating group) is 1. The standard InChI is InChI=1S/C13H25N3S/c1-4-16-7-5-6-11(9-16)15-13-14-8-12(17-13)10(2)3/h10-12H,4-9H2,1-3H3,(H,14,15). The van der Waals surface area contributed by atoms with Crippen LogP contribution in [0.5, 0.6) is 0 Å². The number of likely N-dealkylation sites (tertiary alicyclic amines) is 1. The Kier molecular flexibility index (Phi) is 4.74. The molecule has 0 aliphatic carbocycles. The van der Waals surface area contributed by atoms with E-state index in [9.17, 15) is 0 Å². The largest absolute Gasteiger partial charge is 0.361 e. The van der Waals surface area contributed by atoms with Crippen LogP contribution in [0.4, 0.5) is 0 Å². The van der Waals surface area contributed by atoms with Crippen molar-refractivity contribution in [3.63, 3.8) is 0 Å². The molecule has 0 bridgehead atoms. The Balaban J connectivity index is 1.78. The van der Waals surface area contributed by atoms with Gasteiger partial charge >= 0.3 is 0 Å². The molecule has 0 radical (unpaired) electrons. The third-order valence-electron chi connectivity index (χ3n) is 3.70. The van der Waals surface area contributed by atoms with Crippen molar-refractivity contribution in [3.8, 4) is 0 Å². The van der Waals surface area contributed by atoms with Gasteiger partial charge in [0.1, 0.15) is 0 Å². The van der Waals surface area contributed by atoms with Crippen LogP contribution in [-0.2, 0) is 0 Å². The molecule has 2 atom stereocenters. The van der Waals surface area contributed by atoms with E-state index in [1.807, 2.05) is 11.8 Å². The van der Waals surface area contributed by atoms with Crippen molar-refractivity contribution < 1.29 is 0 Å². The maximum absolute atomic E-state index is 4.63. The second kappa shape index (κ2) is 6.10. The van der Waals surface area contributed by atoms with E-state index in [2.05, 4.69) is 36.0 Å². The summed E-state index contributed by atoms with van der Waals surface area (Å²) >= 11 is 1.94. The van der Waals surface area contributed by atoms with Crippen LogP contribution in [0.25, 0.3) is 0 Å². The predicted molar refractivity (Wildman–Crippen MR) is 76.8 cm³/mol. The lowest BCUT2D eigenvalue weighted by Gasteiger charge is -2.32. The summed E-state index contributed by atoms with van der Waals surface area (Å²) in [5, 5.41) is 5.51. The zero-order valence-corrected chi connectivity index (χ0v) is 12.1. The van der Waals surface area contributed by atoms with Gasteiger partial charge < -0.3 is 10.2 Å². The lowest BCUT2D eigenvalue weighted by Crippen LogP contribution is -2.46. The van der Waals surface area contributed by atoms with Gasteiger partial charge in [-0.2, -0.15) is 0 Å². The van der Waals surface area contributed by atoms with Crippen molar-refractivity contribution in [2.24, 2.45) is 10.9 Å². The Labute approximate surface area is 109 Å². The monoisotopic (exact) mass is 255 g/mol. The number of hydrogen-bond donors (Lipinski definition) is 1. The molecule has 2 unspecified atom stereocenters. The van der Waals surface area contributed by atoms with Crippen LogP contribution < -0.4 is 5.32 Å². The fourth-order valence-corrected chi connectivity index (χ4v) is 3.54. The van der Waals surface area contributed by atoms with Crippen LogP contribution in [0, 0.1) is 5.92 Å². The second-order valence-electron chi connectivity index (χ2n) is 5.42. The summed E-state index contributed by atoms with van der Waals surface area (Å²) in [6.07, 6.45) is 2.61. The smallest absolute Gasteiger partial charge is 0.157 e. The first-order valence-corrected chi connectivity index (χ1v) is 7.77. The zero-order chi connectivity index (χ0) is 12.3. The Bertz CT molecular complexity index is 278. The van der Waals surface area contributed by atoms with Gasteiger partial charge in [0, 0.05) is 17.8 Å². The minimum Gasteiger partial charge on any atom is -0.361 e. The van der Waals surface area contributed by atoms with Crippen molar-refractivity contribution in [3.05, 3.63) is 0 Å². The molecule has 17 heavy (non-hydrogen) atoms. The molecule has 98 valence electrons. The highest BCUT2D eigenvalue weighted by molar-refractivity contribution is 8.14. The van der Waals surface area contributed by atoms with Gasteiger partial charge in [0.25, 0.3) is 0 Å². The van der Waals surface area contributed by atoms with Gasteiger partial charge in [-0.05, 0) is 31.8 Å². The maximum Gasteiger partial charge on any atom is 0.157 e. The lowest BCUT2D eigenvalue weighted by molar-refractivity contribution is 0.210. The molecule has 0 amide bonds. The number of aliphatic imine (C=N–C) groups is 1. The molecular weight excluding hydrogens is 230 g/mol. The minimum absolute atomic E-state index is 0.612. The molecule has 0 aromatic rings. The van der Waals surface area contributed by atoms with Crippen molar-refractivity contribution in [2.45, 2.75) is 44.9 Å². The highest BCUT2D eigenvalue weighted by atomic mass is 32.2. The summed E-state index contributed by atoms with van der Waals surface area (Å²) in [5.41, 5.74) is 0. The van der Waals surface area contributed by atoms with Gasteiger partial charge in [0.2, 0.25) is 0 Å². The summed E-state index contributed by atoms with van der Waals surface area (Å²) < 4.78 is 0. The third kappa shape index (κ3) is 3.62. The summed E-state index contributed by atoms with van der Waals surface area (Å²) in [7, 11) is 0. The predicted octanol–water partition coefficient (Wildman–Crippen LogP) is 2.19. The highest BCUT2D eigenvalue weighted by Gasteiger charge is 2.25. The third-order valence-corrected chi connectivity index (χ3v) is 5.17.